The van der Waals surface area contributed by atoms with Gasteiger partial charge in [-0.1, -0.05) is 12.1 Å². The first-order chi connectivity index (χ1) is 6.57. The maximum absolute atomic E-state index is 13.3. The first-order valence-corrected chi connectivity index (χ1v) is 3.89. The fourth-order valence-corrected chi connectivity index (χ4v) is 1.08. The van der Waals surface area contributed by atoms with Gasteiger partial charge >= 0.3 is 5.69 Å². The predicted molar refractivity (Wildman–Crippen MR) is 47.1 cm³/mol. The van der Waals surface area contributed by atoms with Crippen LogP contribution in [0.5, 0.6) is 0 Å². The fraction of sp³-hybridized carbons (Fsp3) is 0.222. The lowest BCUT2D eigenvalue weighted by molar-refractivity contribution is -0.387. The molecule has 0 bridgehead atoms. The molecule has 0 aliphatic rings. The zero-order valence-electron chi connectivity index (χ0n) is 7.24. The van der Waals surface area contributed by atoms with Gasteiger partial charge in [0.25, 0.3) is 0 Å². The van der Waals surface area contributed by atoms with Gasteiger partial charge in [-0.05, 0) is 6.92 Å². The van der Waals surface area contributed by atoms with Crippen molar-refractivity contribution in [1.82, 2.24) is 0 Å². The Morgan fingerprint density at radius 2 is 2.21 bits per heavy atom. The Morgan fingerprint density at radius 3 is 2.71 bits per heavy atom. The molecule has 0 aliphatic heterocycles. The minimum atomic E-state index is -1.00. The molecule has 0 N–H and O–H groups in total. The molecule has 1 rings (SSSR count). The van der Waals surface area contributed by atoms with E-state index in [-0.39, 0.29) is 5.56 Å². The standard InChI is InChI=1S/C9H8F2NO2/c1-6(5-10)7-3-2-4-8(9(7)11)12(13)14/h2-4,6H,1,5H2. The second kappa shape index (κ2) is 4.13. The first-order valence-electron chi connectivity index (χ1n) is 3.89. The van der Waals surface area contributed by atoms with Gasteiger partial charge in [-0.2, -0.15) is 4.39 Å². The number of rotatable bonds is 3. The van der Waals surface area contributed by atoms with Crippen LogP contribution in [-0.2, 0) is 0 Å². The zero-order valence-corrected chi connectivity index (χ0v) is 7.24. The van der Waals surface area contributed by atoms with Crippen molar-refractivity contribution >= 4 is 5.69 Å². The lowest BCUT2D eigenvalue weighted by Crippen LogP contribution is -2.02. The summed E-state index contributed by atoms with van der Waals surface area (Å²) in [4.78, 5) is 9.49. The molecule has 0 aliphatic carbocycles. The Labute approximate surface area is 79.5 Å². The molecule has 1 atom stereocenters. The Hall–Kier alpha value is -1.52. The minimum Gasteiger partial charge on any atom is -0.258 e. The maximum Gasteiger partial charge on any atom is 0.305 e. The van der Waals surface area contributed by atoms with E-state index in [1.54, 1.807) is 0 Å². The summed E-state index contributed by atoms with van der Waals surface area (Å²) < 4.78 is 25.5. The molecule has 0 aromatic heterocycles. The number of hydrogen-bond donors (Lipinski definition) is 0. The lowest BCUT2D eigenvalue weighted by Gasteiger charge is -2.07. The van der Waals surface area contributed by atoms with E-state index in [0.717, 1.165) is 6.07 Å². The summed E-state index contributed by atoms with van der Waals surface area (Å²) >= 11 is 0. The Morgan fingerprint density at radius 1 is 1.57 bits per heavy atom. The van der Waals surface area contributed by atoms with E-state index in [0.29, 0.717) is 0 Å². The van der Waals surface area contributed by atoms with E-state index in [4.69, 9.17) is 0 Å². The van der Waals surface area contributed by atoms with Crippen molar-refractivity contribution in [3.63, 3.8) is 0 Å². The van der Waals surface area contributed by atoms with Gasteiger partial charge in [-0.25, -0.2) is 0 Å². The summed E-state index contributed by atoms with van der Waals surface area (Å²) in [5.74, 6) is -1.91. The van der Waals surface area contributed by atoms with Crippen molar-refractivity contribution < 1.29 is 13.7 Å². The lowest BCUT2D eigenvalue weighted by atomic mass is 10.0. The molecule has 3 nitrogen and oxygen atoms in total. The van der Waals surface area contributed by atoms with E-state index in [1.165, 1.54) is 12.1 Å². The summed E-state index contributed by atoms with van der Waals surface area (Å²) in [6.45, 7) is 2.50. The zero-order chi connectivity index (χ0) is 10.7. The Bertz CT molecular complexity index is 355. The van der Waals surface area contributed by atoms with Gasteiger partial charge < -0.3 is 0 Å². The van der Waals surface area contributed by atoms with Gasteiger partial charge in [0.1, 0.15) is 0 Å². The minimum absolute atomic E-state index is 0.0679. The van der Waals surface area contributed by atoms with E-state index < -0.39 is 29.0 Å². The van der Waals surface area contributed by atoms with Crippen LogP contribution in [0.15, 0.2) is 18.2 Å². The molecule has 0 saturated heterocycles. The van der Waals surface area contributed by atoms with E-state index in [9.17, 15) is 18.9 Å². The van der Waals surface area contributed by atoms with Crippen LogP contribution in [0, 0.1) is 22.9 Å². The average molecular weight is 200 g/mol. The highest BCUT2D eigenvalue weighted by molar-refractivity contribution is 5.38. The molecule has 1 aromatic rings. The number of halogens is 2. The summed E-state index contributed by atoms with van der Waals surface area (Å²) in [5.41, 5.74) is -0.716. The third-order valence-corrected chi connectivity index (χ3v) is 1.83. The number of nitrogens with zero attached hydrogens (tertiary/aromatic N) is 1. The molecule has 0 fully saturated rings. The second-order valence-electron chi connectivity index (χ2n) is 2.79. The summed E-state index contributed by atoms with van der Waals surface area (Å²) in [6.07, 6.45) is 0. The third-order valence-electron chi connectivity index (χ3n) is 1.83. The highest BCUT2D eigenvalue weighted by Gasteiger charge is 2.20. The molecule has 1 aromatic carbocycles. The van der Waals surface area contributed by atoms with Crippen molar-refractivity contribution in [3.8, 4) is 0 Å². The molecule has 1 unspecified atom stereocenters. The number of benzene rings is 1. The number of nitro benzene ring substituents is 1. The van der Waals surface area contributed by atoms with Crippen LogP contribution in [0.4, 0.5) is 14.5 Å². The first kappa shape index (κ1) is 10.6. The van der Waals surface area contributed by atoms with Crippen LogP contribution >= 0.6 is 0 Å². The number of alkyl halides is 1. The molecule has 0 spiro atoms. The molecule has 14 heavy (non-hydrogen) atoms. The quantitative estimate of drug-likeness (QED) is 0.556. The molecule has 1 radical (unpaired) electrons. The molecule has 0 heterocycles. The normalized spacial score (nSPS) is 12.5. The SMILES string of the molecule is [CH2]C(CF)c1cccc([N+](=O)[O-])c1F. The smallest absolute Gasteiger partial charge is 0.258 e. The Balaban J connectivity index is 3.20. The van der Waals surface area contributed by atoms with Crippen LogP contribution in [0.2, 0.25) is 0 Å². The van der Waals surface area contributed by atoms with Crippen molar-refractivity contribution in [2.45, 2.75) is 5.92 Å². The molecule has 0 amide bonds. The summed E-state index contributed by atoms with van der Waals surface area (Å²) in [5, 5.41) is 10.3. The monoisotopic (exact) mass is 200 g/mol. The van der Waals surface area contributed by atoms with Crippen molar-refractivity contribution in [2.75, 3.05) is 6.67 Å². The van der Waals surface area contributed by atoms with Crippen LogP contribution in [0.1, 0.15) is 11.5 Å². The van der Waals surface area contributed by atoms with Crippen LogP contribution < -0.4 is 0 Å². The van der Waals surface area contributed by atoms with Gasteiger partial charge in [-0.3, -0.25) is 14.5 Å². The highest BCUT2D eigenvalue weighted by atomic mass is 19.1. The van der Waals surface area contributed by atoms with Crippen molar-refractivity contribution in [2.24, 2.45) is 0 Å². The number of hydrogen-bond acceptors (Lipinski definition) is 2. The van der Waals surface area contributed by atoms with Gasteiger partial charge in [0.2, 0.25) is 5.82 Å². The average Bonchev–Trinajstić information content (AvgIpc) is 2.16. The van der Waals surface area contributed by atoms with Gasteiger partial charge in [0.05, 0.1) is 11.6 Å². The largest absolute Gasteiger partial charge is 0.305 e. The van der Waals surface area contributed by atoms with Gasteiger partial charge in [0, 0.05) is 17.5 Å². The Kier molecular flexibility index (Phi) is 3.11. The molecular weight excluding hydrogens is 192 g/mol. The molecule has 0 saturated carbocycles. The molecular formula is C9H8F2NO2. The predicted octanol–water partition coefficient (Wildman–Crippen LogP) is 2.62. The van der Waals surface area contributed by atoms with Crippen molar-refractivity contribution in [3.05, 3.63) is 46.6 Å². The molecule has 75 valence electrons. The topological polar surface area (TPSA) is 43.1 Å². The fourth-order valence-electron chi connectivity index (χ4n) is 1.08. The third kappa shape index (κ3) is 1.86. The van der Waals surface area contributed by atoms with Crippen LogP contribution in [0.3, 0.4) is 0 Å². The van der Waals surface area contributed by atoms with Crippen LogP contribution in [-0.4, -0.2) is 11.6 Å². The van der Waals surface area contributed by atoms with Gasteiger partial charge in [-0.15, -0.1) is 0 Å². The summed E-state index contributed by atoms with van der Waals surface area (Å²) in [7, 11) is 0. The molecule has 5 heteroatoms. The van der Waals surface area contributed by atoms with E-state index in [2.05, 4.69) is 6.92 Å². The number of nitro groups is 1. The van der Waals surface area contributed by atoms with E-state index >= 15 is 0 Å². The van der Waals surface area contributed by atoms with E-state index in [1.807, 2.05) is 0 Å². The summed E-state index contributed by atoms with van der Waals surface area (Å²) in [6, 6.07) is 3.63. The second-order valence-corrected chi connectivity index (χ2v) is 2.79. The maximum atomic E-state index is 13.3. The van der Waals surface area contributed by atoms with Crippen LogP contribution in [0.25, 0.3) is 0 Å². The van der Waals surface area contributed by atoms with Gasteiger partial charge in [0.15, 0.2) is 0 Å². The highest BCUT2D eigenvalue weighted by Crippen LogP contribution is 2.25. The van der Waals surface area contributed by atoms with Crippen molar-refractivity contribution in [1.29, 1.82) is 0 Å².